The summed E-state index contributed by atoms with van der Waals surface area (Å²) in [5.74, 6) is -0.0514. The van der Waals surface area contributed by atoms with Gasteiger partial charge in [-0.15, -0.1) is 0 Å². The van der Waals surface area contributed by atoms with Crippen molar-refractivity contribution >= 4 is 14.2 Å². The SMILES string of the molecule is C[C@H](O)[C@H](O[Si](C)(C)C(C)(C)C)[C@H]1CC(=O)NN1. The van der Waals surface area contributed by atoms with Crippen LogP contribution in [0.5, 0.6) is 0 Å². The molecule has 5 nitrogen and oxygen atoms in total. The monoisotopic (exact) mass is 274 g/mol. The molecular weight excluding hydrogens is 248 g/mol. The lowest BCUT2D eigenvalue weighted by Crippen LogP contribution is -2.53. The van der Waals surface area contributed by atoms with Crippen molar-refractivity contribution in [1.82, 2.24) is 10.9 Å². The Balaban J connectivity index is 2.78. The molecule has 1 fully saturated rings. The standard InChI is InChI=1S/C12H26N2O3Si/c1-8(15)11(9-7-10(16)14-13-9)17-18(5,6)12(2,3)4/h8-9,11,13,15H,7H2,1-6H3,(H,14,16)/t8-,9+,11-/m0/s1. The molecule has 0 aromatic heterocycles. The van der Waals surface area contributed by atoms with Crippen molar-refractivity contribution in [3.05, 3.63) is 0 Å². The molecule has 0 aliphatic carbocycles. The van der Waals surface area contributed by atoms with Crippen molar-refractivity contribution in [3.8, 4) is 0 Å². The highest BCUT2D eigenvalue weighted by molar-refractivity contribution is 6.74. The number of aliphatic hydroxyl groups is 1. The van der Waals surface area contributed by atoms with Crippen LogP contribution >= 0.6 is 0 Å². The molecule has 1 saturated heterocycles. The highest BCUT2D eigenvalue weighted by Crippen LogP contribution is 2.38. The summed E-state index contributed by atoms with van der Waals surface area (Å²) in [7, 11) is -1.96. The first-order valence-electron chi connectivity index (χ1n) is 6.45. The number of aliphatic hydroxyl groups excluding tert-OH is 1. The molecule has 1 amide bonds. The van der Waals surface area contributed by atoms with Gasteiger partial charge >= 0.3 is 0 Å². The van der Waals surface area contributed by atoms with Crippen LogP contribution in [0.25, 0.3) is 0 Å². The molecule has 0 spiro atoms. The zero-order valence-corrected chi connectivity index (χ0v) is 13.2. The van der Waals surface area contributed by atoms with Gasteiger partial charge in [0.05, 0.1) is 18.2 Å². The fourth-order valence-corrected chi connectivity index (χ4v) is 3.10. The van der Waals surface area contributed by atoms with Crippen LogP contribution in [0, 0.1) is 0 Å². The fraction of sp³-hybridized carbons (Fsp3) is 0.917. The normalized spacial score (nSPS) is 24.8. The maximum atomic E-state index is 11.2. The van der Waals surface area contributed by atoms with Gasteiger partial charge in [0.1, 0.15) is 0 Å². The van der Waals surface area contributed by atoms with Gasteiger partial charge in [-0.2, -0.15) is 0 Å². The molecule has 0 bridgehead atoms. The highest BCUT2D eigenvalue weighted by atomic mass is 28.4. The zero-order chi connectivity index (χ0) is 14.1. The van der Waals surface area contributed by atoms with Gasteiger partial charge in [-0.1, -0.05) is 20.8 Å². The molecule has 1 aliphatic heterocycles. The molecule has 106 valence electrons. The average molecular weight is 274 g/mol. The number of hydrazine groups is 1. The van der Waals surface area contributed by atoms with Crippen LogP contribution in [0.1, 0.15) is 34.1 Å². The summed E-state index contributed by atoms with van der Waals surface area (Å²) < 4.78 is 6.23. The smallest absolute Gasteiger partial charge is 0.235 e. The number of rotatable bonds is 4. The second-order valence-electron chi connectivity index (χ2n) is 6.59. The molecule has 1 rings (SSSR count). The summed E-state index contributed by atoms with van der Waals surface area (Å²) in [6.07, 6.45) is -0.612. The van der Waals surface area contributed by atoms with Gasteiger partial charge in [-0.25, -0.2) is 5.43 Å². The maximum absolute atomic E-state index is 11.2. The molecule has 0 unspecified atom stereocenters. The molecule has 0 aromatic carbocycles. The lowest BCUT2D eigenvalue weighted by Gasteiger charge is -2.41. The second kappa shape index (κ2) is 5.28. The number of hydrogen-bond donors (Lipinski definition) is 3. The molecule has 18 heavy (non-hydrogen) atoms. The van der Waals surface area contributed by atoms with E-state index in [4.69, 9.17) is 4.43 Å². The Bertz CT molecular complexity index is 313. The van der Waals surface area contributed by atoms with Crippen LogP contribution in [-0.2, 0) is 9.22 Å². The molecule has 1 heterocycles. The lowest BCUT2D eigenvalue weighted by atomic mass is 10.1. The summed E-state index contributed by atoms with van der Waals surface area (Å²) >= 11 is 0. The van der Waals surface area contributed by atoms with Crippen molar-refractivity contribution in [2.24, 2.45) is 0 Å². The largest absolute Gasteiger partial charge is 0.410 e. The van der Waals surface area contributed by atoms with E-state index in [1.807, 2.05) is 0 Å². The van der Waals surface area contributed by atoms with Crippen molar-refractivity contribution in [2.45, 2.75) is 70.5 Å². The van der Waals surface area contributed by atoms with Gasteiger partial charge in [0, 0.05) is 6.42 Å². The van der Waals surface area contributed by atoms with Crippen LogP contribution < -0.4 is 10.9 Å². The Morgan fingerprint density at radius 2 is 2.00 bits per heavy atom. The van der Waals surface area contributed by atoms with E-state index in [1.165, 1.54) is 0 Å². The third kappa shape index (κ3) is 3.54. The Labute approximate surface area is 110 Å². The Morgan fingerprint density at radius 3 is 2.33 bits per heavy atom. The fourth-order valence-electron chi connectivity index (χ4n) is 1.71. The van der Waals surface area contributed by atoms with Gasteiger partial charge in [0.2, 0.25) is 5.91 Å². The quantitative estimate of drug-likeness (QED) is 0.673. The van der Waals surface area contributed by atoms with Crippen LogP contribution in [0.2, 0.25) is 18.1 Å². The molecule has 0 aromatic rings. The number of carbonyl (C=O) groups is 1. The molecule has 0 radical (unpaired) electrons. The van der Waals surface area contributed by atoms with E-state index in [2.05, 4.69) is 44.7 Å². The van der Waals surface area contributed by atoms with E-state index in [1.54, 1.807) is 6.92 Å². The Kier molecular flexibility index (Phi) is 4.59. The van der Waals surface area contributed by atoms with Gasteiger partial charge in [-0.3, -0.25) is 10.2 Å². The van der Waals surface area contributed by atoms with Gasteiger partial charge in [0.25, 0.3) is 0 Å². The first-order valence-corrected chi connectivity index (χ1v) is 9.35. The van der Waals surface area contributed by atoms with Crippen molar-refractivity contribution < 1.29 is 14.3 Å². The van der Waals surface area contributed by atoms with Crippen LogP contribution in [0.4, 0.5) is 0 Å². The molecule has 0 saturated carbocycles. The molecule has 3 N–H and O–H groups in total. The molecule has 1 aliphatic rings. The number of hydrogen-bond acceptors (Lipinski definition) is 4. The molecule has 6 heteroatoms. The minimum absolute atomic E-state index is 0.0514. The van der Waals surface area contributed by atoms with Crippen LogP contribution in [0.15, 0.2) is 0 Å². The first kappa shape index (κ1) is 15.6. The highest BCUT2D eigenvalue weighted by Gasteiger charge is 2.43. The minimum Gasteiger partial charge on any atom is -0.410 e. The van der Waals surface area contributed by atoms with Gasteiger partial charge in [0.15, 0.2) is 8.32 Å². The summed E-state index contributed by atoms with van der Waals surface area (Å²) in [5, 5.41) is 9.99. The predicted octanol–water partition coefficient (Wildman–Crippen LogP) is 1.15. The number of carbonyl (C=O) groups excluding carboxylic acids is 1. The van der Waals surface area contributed by atoms with Gasteiger partial charge < -0.3 is 9.53 Å². The number of nitrogens with one attached hydrogen (secondary N) is 2. The van der Waals surface area contributed by atoms with E-state index >= 15 is 0 Å². The van der Waals surface area contributed by atoms with E-state index in [0.29, 0.717) is 6.42 Å². The first-order chi connectivity index (χ1) is 8.04. The molecular formula is C12H26N2O3Si. The average Bonchev–Trinajstić information content (AvgIpc) is 2.59. The topological polar surface area (TPSA) is 70.6 Å². The van der Waals surface area contributed by atoms with E-state index < -0.39 is 14.4 Å². The second-order valence-corrected chi connectivity index (χ2v) is 11.3. The van der Waals surface area contributed by atoms with Crippen molar-refractivity contribution in [1.29, 1.82) is 0 Å². The number of amides is 1. The summed E-state index contributed by atoms with van der Waals surface area (Å²) in [4.78, 5) is 11.2. The Hall–Kier alpha value is -0.433. The van der Waals surface area contributed by atoms with Crippen molar-refractivity contribution in [3.63, 3.8) is 0 Å². The van der Waals surface area contributed by atoms with Crippen LogP contribution in [-0.4, -0.2) is 37.6 Å². The Morgan fingerprint density at radius 1 is 1.44 bits per heavy atom. The summed E-state index contributed by atoms with van der Waals surface area (Å²) in [6.45, 7) is 12.5. The third-order valence-corrected chi connectivity index (χ3v) is 8.39. The van der Waals surface area contributed by atoms with E-state index in [-0.39, 0.29) is 23.1 Å². The maximum Gasteiger partial charge on any atom is 0.235 e. The van der Waals surface area contributed by atoms with E-state index in [0.717, 1.165) is 0 Å². The third-order valence-electron chi connectivity index (χ3n) is 3.91. The van der Waals surface area contributed by atoms with Crippen molar-refractivity contribution in [2.75, 3.05) is 0 Å². The molecule has 3 atom stereocenters. The summed E-state index contributed by atoms with van der Waals surface area (Å²) in [5.41, 5.74) is 5.46. The predicted molar refractivity (Wildman–Crippen MR) is 73.4 cm³/mol. The van der Waals surface area contributed by atoms with Gasteiger partial charge in [-0.05, 0) is 25.1 Å². The minimum atomic E-state index is -1.96. The summed E-state index contributed by atoms with van der Waals surface area (Å²) in [6, 6.07) is -0.161. The van der Waals surface area contributed by atoms with Crippen LogP contribution in [0.3, 0.4) is 0 Å². The zero-order valence-electron chi connectivity index (χ0n) is 12.2. The van der Waals surface area contributed by atoms with E-state index in [9.17, 15) is 9.90 Å². The lowest BCUT2D eigenvalue weighted by molar-refractivity contribution is -0.119.